The molecule has 0 radical (unpaired) electrons. The van der Waals surface area contributed by atoms with E-state index in [-0.39, 0.29) is 5.78 Å². The van der Waals surface area contributed by atoms with E-state index in [0.29, 0.717) is 5.56 Å². The van der Waals surface area contributed by atoms with Crippen molar-refractivity contribution in [2.24, 2.45) is 0 Å². The van der Waals surface area contributed by atoms with E-state index in [9.17, 15) is 4.79 Å². The highest BCUT2D eigenvalue weighted by Gasteiger charge is 2.13. The molecular weight excluding hydrogens is 316 g/mol. The van der Waals surface area contributed by atoms with Crippen molar-refractivity contribution in [3.8, 4) is 5.75 Å². The fourth-order valence-corrected chi connectivity index (χ4v) is 2.59. The van der Waals surface area contributed by atoms with Gasteiger partial charge in [-0.1, -0.05) is 18.2 Å². The number of carbonyl (C=O) groups excluding carboxylic acids is 1. The third-order valence-electron chi connectivity index (χ3n) is 2.78. The Bertz CT molecular complexity index is 608. The van der Waals surface area contributed by atoms with E-state index in [1.807, 2.05) is 24.3 Å². The van der Waals surface area contributed by atoms with Gasteiger partial charge in [-0.15, -0.1) is 11.6 Å². The quantitative estimate of drug-likeness (QED) is 0.616. The number of ether oxygens (including phenoxy) is 1. The zero-order valence-corrected chi connectivity index (χ0v) is 12.4. The first-order valence-corrected chi connectivity index (χ1v) is 6.72. The van der Waals surface area contributed by atoms with Gasteiger partial charge in [0.15, 0.2) is 5.78 Å². The summed E-state index contributed by atoms with van der Waals surface area (Å²) in [5.41, 5.74) is 0.627. The number of halogens is 2. The standard InChI is InChI=1S/C14H12BrClO2/c1-8(16)14(17)10-3-5-11-9(7-10)4-6-12(18-2)13(11)15/h3-8H,1-2H3/t8-/m0/s1. The van der Waals surface area contributed by atoms with Crippen LogP contribution >= 0.6 is 27.5 Å². The number of benzene rings is 2. The second kappa shape index (κ2) is 5.29. The summed E-state index contributed by atoms with van der Waals surface area (Å²) >= 11 is 9.31. The van der Waals surface area contributed by atoms with Crippen molar-refractivity contribution in [2.45, 2.75) is 12.3 Å². The van der Waals surface area contributed by atoms with E-state index in [1.54, 1.807) is 20.1 Å². The van der Waals surface area contributed by atoms with Crippen molar-refractivity contribution in [1.82, 2.24) is 0 Å². The average molecular weight is 328 g/mol. The molecule has 0 aliphatic carbocycles. The number of carbonyl (C=O) groups is 1. The summed E-state index contributed by atoms with van der Waals surface area (Å²) in [4.78, 5) is 11.8. The molecular formula is C14H12BrClO2. The minimum atomic E-state index is -0.510. The fraction of sp³-hybridized carbons (Fsp3) is 0.214. The lowest BCUT2D eigenvalue weighted by Crippen LogP contribution is -2.10. The predicted molar refractivity (Wildman–Crippen MR) is 77.8 cm³/mol. The summed E-state index contributed by atoms with van der Waals surface area (Å²) in [6, 6.07) is 9.32. The maximum Gasteiger partial charge on any atom is 0.180 e. The first kappa shape index (κ1) is 13.4. The molecule has 0 N–H and O–H groups in total. The van der Waals surface area contributed by atoms with Crippen molar-refractivity contribution >= 4 is 44.1 Å². The largest absolute Gasteiger partial charge is 0.496 e. The molecule has 0 aliphatic heterocycles. The molecule has 0 unspecified atom stereocenters. The molecule has 0 aliphatic rings. The van der Waals surface area contributed by atoms with E-state index >= 15 is 0 Å². The molecule has 4 heteroatoms. The minimum Gasteiger partial charge on any atom is -0.496 e. The van der Waals surface area contributed by atoms with Crippen LogP contribution in [0.2, 0.25) is 0 Å². The number of fused-ring (bicyclic) bond motifs is 1. The van der Waals surface area contributed by atoms with Crippen LogP contribution in [0.1, 0.15) is 17.3 Å². The summed E-state index contributed by atoms with van der Waals surface area (Å²) in [5, 5.41) is 1.48. The zero-order chi connectivity index (χ0) is 13.3. The Kier molecular flexibility index (Phi) is 3.93. The molecule has 0 bridgehead atoms. The molecule has 18 heavy (non-hydrogen) atoms. The first-order valence-electron chi connectivity index (χ1n) is 5.49. The first-order chi connectivity index (χ1) is 8.54. The number of hydrogen-bond acceptors (Lipinski definition) is 2. The van der Waals surface area contributed by atoms with Gasteiger partial charge in [-0.3, -0.25) is 4.79 Å². The highest BCUT2D eigenvalue weighted by atomic mass is 79.9. The summed E-state index contributed by atoms with van der Waals surface area (Å²) in [5.74, 6) is 0.706. The van der Waals surface area contributed by atoms with Crippen molar-refractivity contribution in [3.05, 3.63) is 40.4 Å². The number of methoxy groups -OCH3 is 1. The topological polar surface area (TPSA) is 26.3 Å². The Morgan fingerprint density at radius 2 is 2.06 bits per heavy atom. The fourth-order valence-electron chi connectivity index (χ4n) is 1.81. The molecule has 0 amide bonds. The molecule has 0 saturated heterocycles. The van der Waals surface area contributed by atoms with E-state index in [2.05, 4.69) is 15.9 Å². The van der Waals surface area contributed by atoms with Gasteiger partial charge < -0.3 is 4.74 Å². The van der Waals surface area contributed by atoms with Crippen molar-refractivity contribution < 1.29 is 9.53 Å². The van der Waals surface area contributed by atoms with Gasteiger partial charge in [0.25, 0.3) is 0 Å². The van der Waals surface area contributed by atoms with Crippen LogP contribution in [0.5, 0.6) is 5.75 Å². The molecule has 2 nitrogen and oxygen atoms in total. The van der Waals surface area contributed by atoms with Crippen LogP contribution in [0.3, 0.4) is 0 Å². The number of rotatable bonds is 3. The molecule has 0 aromatic heterocycles. The van der Waals surface area contributed by atoms with E-state index < -0.39 is 5.38 Å². The SMILES string of the molecule is COc1ccc2cc(C(=O)[C@H](C)Cl)ccc2c1Br. The van der Waals surface area contributed by atoms with Crippen LogP contribution in [0.4, 0.5) is 0 Å². The number of ketones is 1. The second-order valence-corrected chi connectivity index (χ2v) is 5.45. The molecule has 0 spiro atoms. The molecule has 2 rings (SSSR count). The van der Waals surface area contributed by atoms with Gasteiger partial charge in [0.1, 0.15) is 5.75 Å². The Balaban J connectivity index is 2.57. The summed E-state index contributed by atoms with van der Waals surface area (Å²) < 4.78 is 6.12. The molecule has 2 aromatic rings. The molecule has 94 valence electrons. The van der Waals surface area contributed by atoms with Crippen LogP contribution in [-0.4, -0.2) is 18.3 Å². The normalized spacial score (nSPS) is 12.4. The predicted octanol–water partition coefficient (Wildman–Crippen LogP) is 4.42. The molecule has 2 aromatic carbocycles. The van der Waals surface area contributed by atoms with E-state index in [1.165, 1.54) is 0 Å². The van der Waals surface area contributed by atoms with Crippen LogP contribution < -0.4 is 4.74 Å². The maximum atomic E-state index is 11.8. The lowest BCUT2D eigenvalue weighted by molar-refractivity contribution is 0.0992. The van der Waals surface area contributed by atoms with Crippen LogP contribution in [-0.2, 0) is 0 Å². The van der Waals surface area contributed by atoms with Crippen LogP contribution in [0, 0.1) is 0 Å². The Morgan fingerprint density at radius 1 is 1.33 bits per heavy atom. The Hall–Kier alpha value is -1.06. The van der Waals surface area contributed by atoms with Gasteiger partial charge >= 0.3 is 0 Å². The Morgan fingerprint density at radius 3 is 2.67 bits per heavy atom. The van der Waals surface area contributed by atoms with Gasteiger partial charge in [0.2, 0.25) is 0 Å². The second-order valence-electron chi connectivity index (χ2n) is 4.00. The highest BCUT2D eigenvalue weighted by Crippen LogP contribution is 2.33. The summed E-state index contributed by atoms with van der Waals surface area (Å²) in [7, 11) is 1.62. The van der Waals surface area contributed by atoms with E-state index in [4.69, 9.17) is 16.3 Å². The lowest BCUT2D eigenvalue weighted by Gasteiger charge is -2.09. The third kappa shape index (κ3) is 2.38. The van der Waals surface area contributed by atoms with Crippen molar-refractivity contribution in [3.63, 3.8) is 0 Å². The number of alkyl halides is 1. The van der Waals surface area contributed by atoms with Gasteiger partial charge in [-0.2, -0.15) is 0 Å². The average Bonchev–Trinajstić information content (AvgIpc) is 2.37. The van der Waals surface area contributed by atoms with Gasteiger partial charge in [-0.25, -0.2) is 0 Å². The zero-order valence-electron chi connectivity index (χ0n) is 10.0. The van der Waals surface area contributed by atoms with Gasteiger partial charge in [0, 0.05) is 5.56 Å². The summed E-state index contributed by atoms with van der Waals surface area (Å²) in [6.07, 6.45) is 0. The monoisotopic (exact) mass is 326 g/mol. The highest BCUT2D eigenvalue weighted by molar-refractivity contribution is 9.10. The van der Waals surface area contributed by atoms with Gasteiger partial charge in [-0.05, 0) is 45.8 Å². The van der Waals surface area contributed by atoms with Crippen LogP contribution in [0.15, 0.2) is 34.8 Å². The van der Waals surface area contributed by atoms with Gasteiger partial charge in [0.05, 0.1) is 17.0 Å². The molecule has 0 saturated carbocycles. The van der Waals surface area contributed by atoms with Crippen molar-refractivity contribution in [1.29, 1.82) is 0 Å². The molecule has 1 atom stereocenters. The minimum absolute atomic E-state index is 0.0643. The lowest BCUT2D eigenvalue weighted by atomic mass is 10.0. The van der Waals surface area contributed by atoms with E-state index in [0.717, 1.165) is 21.0 Å². The number of Topliss-reactive ketones (excluding diaryl/α,β-unsaturated/α-hetero) is 1. The molecule has 0 fully saturated rings. The van der Waals surface area contributed by atoms with Crippen LogP contribution in [0.25, 0.3) is 10.8 Å². The Labute approximate surface area is 119 Å². The maximum absolute atomic E-state index is 11.8. The molecule has 0 heterocycles. The van der Waals surface area contributed by atoms with Crippen molar-refractivity contribution in [2.75, 3.05) is 7.11 Å². The smallest absolute Gasteiger partial charge is 0.180 e. The number of hydrogen-bond donors (Lipinski definition) is 0. The third-order valence-corrected chi connectivity index (χ3v) is 3.80. The summed E-state index contributed by atoms with van der Waals surface area (Å²) in [6.45, 7) is 1.68.